The first kappa shape index (κ1) is 12.4. The average molecular weight is 243 g/mol. The van der Waals surface area contributed by atoms with Crippen LogP contribution in [0.3, 0.4) is 0 Å². The molecule has 0 saturated carbocycles. The molecule has 1 heterocycles. The van der Waals surface area contributed by atoms with Crippen molar-refractivity contribution in [2.24, 2.45) is 5.92 Å². The minimum Gasteiger partial charge on any atom is -0.333 e. The van der Waals surface area contributed by atoms with Gasteiger partial charge < -0.3 is 9.88 Å². The summed E-state index contributed by atoms with van der Waals surface area (Å²) in [7, 11) is 0. The van der Waals surface area contributed by atoms with Gasteiger partial charge in [0.2, 0.25) is 5.91 Å². The van der Waals surface area contributed by atoms with Gasteiger partial charge in [0, 0.05) is 30.5 Å². The van der Waals surface area contributed by atoms with Crippen LogP contribution in [0, 0.1) is 5.92 Å². The van der Waals surface area contributed by atoms with Gasteiger partial charge in [-0.25, -0.2) is 4.98 Å². The van der Waals surface area contributed by atoms with E-state index < -0.39 is 0 Å². The summed E-state index contributed by atoms with van der Waals surface area (Å²) >= 11 is 0. The lowest BCUT2D eigenvalue weighted by Gasteiger charge is -2.09. The Morgan fingerprint density at radius 3 is 2.94 bits per heavy atom. The normalized spacial score (nSPS) is 10.6. The lowest BCUT2D eigenvalue weighted by atomic mass is 10.1. The standard InChI is InChI=1S/C14H17N3O/c1-11(2)14(18)16-13-5-3-4-12(8-13)9-17-7-6-15-10-17/h3-8,10-11H,9H2,1-2H3,(H,16,18). The lowest BCUT2D eigenvalue weighted by molar-refractivity contribution is -0.118. The summed E-state index contributed by atoms with van der Waals surface area (Å²) in [6.45, 7) is 4.51. The van der Waals surface area contributed by atoms with Crippen LogP contribution in [0.25, 0.3) is 0 Å². The SMILES string of the molecule is CC(C)C(=O)Nc1cccc(Cn2ccnc2)c1. The quantitative estimate of drug-likeness (QED) is 0.897. The second-order valence-corrected chi connectivity index (χ2v) is 4.58. The zero-order chi connectivity index (χ0) is 13.0. The molecule has 1 aromatic heterocycles. The smallest absolute Gasteiger partial charge is 0.226 e. The van der Waals surface area contributed by atoms with Crippen molar-refractivity contribution < 1.29 is 4.79 Å². The van der Waals surface area contributed by atoms with Crippen LogP contribution in [0.4, 0.5) is 5.69 Å². The molecule has 0 unspecified atom stereocenters. The monoisotopic (exact) mass is 243 g/mol. The fourth-order valence-electron chi connectivity index (χ4n) is 1.63. The van der Waals surface area contributed by atoms with E-state index in [0.717, 1.165) is 17.8 Å². The third-order valence-electron chi connectivity index (χ3n) is 2.64. The number of hydrogen-bond donors (Lipinski definition) is 1. The van der Waals surface area contributed by atoms with Gasteiger partial charge in [-0.1, -0.05) is 26.0 Å². The average Bonchev–Trinajstić information content (AvgIpc) is 2.82. The summed E-state index contributed by atoms with van der Waals surface area (Å²) in [5, 5.41) is 2.90. The van der Waals surface area contributed by atoms with Crippen LogP contribution in [0.5, 0.6) is 0 Å². The molecule has 4 heteroatoms. The first-order valence-corrected chi connectivity index (χ1v) is 6.00. The summed E-state index contributed by atoms with van der Waals surface area (Å²) in [6, 6.07) is 7.87. The molecule has 1 amide bonds. The van der Waals surface area contributed by atoms with E-state index in [9.17, 15) is 4.79 Å². The molecule has 0 atom stereocenters. The molecule has 0 radical (unpaired) electrons. The number of carbonyl (C=O) groups excluding carboxylic acids is 1. The maximum Gasteiger partial charge on any atom is 0.226 e. The number of carbonyl (C=O) groups is 1. The Bertz CT molecular complexity index is 518. The highest BCUT2D eigenvalue weighted by molar-refractivity contribution is 5.92. The first-order chi connectivity index (χ1) is 8.65. The van der Waals surface area contributed by atoms with Gasteiger partial charge in [0.25, 0.3) is 0 Å². The number of anilines is 1. The molecular formula is C14H17N3O. The summed E-state index contributed by atoms with van der Waals surface area (Å²) in [5.41, 5.74) is 1.97. The van der Waals surface area contributed by atoms with Crippen molar-refractivity contribution in [2.45, 2.75) is 20.4 Å². The molecule has 94 valence electrons. The summed E-state index contributed by atoms with van der Waals surface area (Å²) in [4.78, 5) is 15.6. The van der Waals surface area contributed by atoms with E-state index in [1.165, 1.54) is 0 Å². The zero-order valence-corrected chi connectivity index (χ0v) is 10.6. The number of rotatable bonds is 4. The van der Waals surface area contributed by atoms with Crippen molar-refractivity contribution in [3.05, 3.63) is 48.5 Å². The highest BCUT2D eigenvalue weighted by atomic mass is 16.1. The van der Waals surface area contributed by atoms with E-state index in [1.807, 2.05) is 48.9 Å². The molecule has 0 saturated heterocycles. The molecule has 2 aromatic rings. The number of hydrogen-bond acceptors (Lipinski definition) is 2. The highest BCUT2D eigenvalue weighted by Crippen LogP contribution is 2.13. The Morgan fingerprint density at radius 1 is 1.44 bits per heavy atom. The van der Waals surface area contributed by atoms with E-state index >= 15 is 0 Å². The third-order valence-corrected chi connectivity index (χ3v) is 2.64. The summed E-state index contributed by atoms with van der Waals surface area (Å²) in [5.74, 6) is 0.0251. The molecule has 0 spiro atoms. The molecule has 0 aliphatic heterocycles. The van der Waals surface area contributed by atoms with E-state index in [2.05, 4.69) is 10.3 Å². The highest BCUT2D eigenvalue weighted by Gasteiger charge is 2.07. The number of nitrogens with zero attached hydrogens (tertiary/aromatic N) is 2. The minimum absolute atomic E-state index is 0.0118. The Kier molecular flexibility index (Phi) is 3.77. The number of benzene rings is 1. The molecule has 0 aliphatic rings. The van der Waals surface area contributed by atoms with Crippen molar-refractivity contribution in [1.29, 1.82) is 0 Å². The van der Waals surface area contributed by atoms with Crippen molar-refractivity contribution in [2.75, 3.05) is 5.32 Å². The molecule has 0 fully saturated rings. The van der Waals surface area contributed by atoms with Crippen LogP contribution in [-0.4, -0.2) is 15.5 Å². The molecule has 0 bridgehead atoms. The Hall–Kier alpha value is -2.10. The molecule has 18 heavy (non-hydrogen) atoms. The van der Waals surface area contributed by atoms with E-state index in [4.69, 9.17) is 0 Å². The van der Waals surface area contributed by atoms with Crippen LogP contribution in [0.1, 0.15) is 19.4 Å². The van der Waals surface area contributed by atoms with E-state index in [1.54, 1.807) is 12.5 Å². The van der Waals surface area contributed by atoms with Crippen molar-refractivity contribution in [1.82, 2.24) is 9.55 Å². The van der Waals surface area contributed by atoms with Crippen molar-refractivity contribution in [3.63, 3.8) is 0 Å². The van der Waals surface area contributed by atoms with Gasteiger partial charge in [-0.3, -0.25) is 4.79 Å². The van der Waals surface area contributed by atoms with E-state index in [-0.39, 0.29) is 11.8 Å². The second kappa shape index (κ2) is 5.49. The van der Waals surface area contributed by atoms with Crippen LogP contribution in [0.15, 0.2) is 43.0 Å². The predicted molar refractivity (Wildman–Crippen MR) is 71.2 cm³/mol. The van der Waals surface area contributed by atoms with Gasteiger partial charge in [0.05, 0.1) is 6.33 Å². The minimum atomic E-state index is -0.0118. The van der Waals surface area contributed by atoms with Gasteiger partial charge >= 0.3 is 0 Å². The Labute approximate surface area is 107 Å². The van der Waals surface area contributed by atoms with Gasteiger partial charge in [-0.15, -0.1) is 0 Å². The Morgan fingerprint density at radius 2 is 2.28 bits per heavy atom. The molecular weight excluding hydrogens is 226 g/mol. The largest absolute Gasteiger partial charge is 0.333 e. The lowest BCUT2D eigenvalue weighted by Crippen LogP contribution is -2.17. The van der Waals surface area contributed by atoms with Gasteiger partial charge in [0.1, 0.15) is 0 Å². The topological polar surface area (TPSA) is 46.9 Å². The van der Waals surface area contributed by atoms with Gasteiger partial charge in [0.15, 0.2) is 0 Å². The molecule has 4 nitrogen and oxygen atoms in total. The first-order valence-electron chi connectivity index (χ1n) is 6.00. The number of imidazole rings is 1. The van der Waals surface area contributed by atoms with E-state index in [0.29, 0.717) is 0 Å². The van der Waals surface area contributed by atoms with Crippen LogP contribution < -0.4 is 5.32 Å². The molecule has 2 rings (SSSR count). The number of nitrogens with one attached hydrogen (secondary N) is 1. The fraction of sp³-hybridized carbons (Fsp3) is 0.286. The number of aromatic nitrogens is 2. The summed E-state index contributed by atoms with van der Waals surface area (Å²) in [6.07, 6.45) is 5.45. The van der Waals surface area contributed by atoms with Crippen LogP contribution in [-0.2, 0) is 11.3 Å². The summed E-state index contributed by atoms with van der Waals surface area (Å²) < 4.78 is 1.99. The van der Waals surface area contributed by atoms with Gasteiger partial charge in [-0.2, -0.15) is 0 Å². The second-order valence-electron chi connectivity index (χ2n) is 4.58. The fourth-order valence-corrected chi connectivity index (χ4v) is 1.63. The number of amides is 1. The maximum absolute atomic E-state index is 11.6. The van der Waals surface area contributed by atoms with Crippen LogP contribution >= 0.6 is 0 Å². The van der Waals surface area contributed by atoms with Crippen LogP contribution in [0.2, 0.25) is 0 Å². The van der Waals surface area contributed by atoms with Crippen molar-refractivity contribution in [3.8, 4) is 0 Å². The zero-order valence-electron chi connectivity index (χ0n) is 10.6. The molecule has 1 aromatic carbocycles. The molecule has 1 N–H and O–H groups in total. The maximum atomic E-state index is 11.6. The predicted octanol–water partition coefficient (Wildman–Crippen LogP) is 2.53. The molecule has 0 aliphatic carbocycles. The van der Waals surface area contributed by atoms with Crippen molar-refractivity contribution >= 4 is 11.6 Å². The third kappa shape index (κ3) is 3.20. The Balaban J connectivity index is 2.08. The van der Waals surface area contributed by atoms with Gasteiger partial charge in [-0.05, 0) is 17.7 Å².